The average Bonchev–Trinajstić information content (AvgIpc) is 2.72. The Kier molecular flexibility index (Phi) is 6.17. The molecule has 0 fully saturated rings. The largest absolute Gasteiger partial charge is 0.493 e. The first-order valence-electron chi connectivity index (χ1n) is 8.99. The minimum absolute atomic E-state index is 0.288. The minimum Gasteiger partial charge on any atom is -0.493 e. The van der Waals surface area contributed by atoms with Crippen LogP contribution in [0.3, 0.4) is 0 Å². The summed E-state index contributed by atoms with van der Waals surface area (Å²) < 4.78 is 11.5. The maximum atomic E-state index is 11.3. The van der Waals surface area contributed by atoms with Gasteiger partial charge >= 0.3 is 5.97 Å². The van der Waals surface area contributed by atoms with Crippen molar-refractivity contribution in [2.75, 3.05) is 12.4 Å². The Balaban J connectivity index is 1.80. The average molecular weight is 377 g/mol. The molecule has 0 aromatic heterocycles. The van der Waals surface area contributed by atoms with Gasteiger partial charge in [-0.2, -0.15) is 0 Å². The van der Waals surface area contributed by atoms with Crippen LogP contribution in [-0.4, -0.2) is 18.2 Å². The van der Waals surface area contributed by atoms with Crippen LogP contribution in [0.4, 0.5) is 5.69 Å². The van der Waals surface area contributed by atoms with Crippen LogP contribution >= 0.6 is 0 Å². The van der Waals surface area contributed by atoms with Gasteiger partial charge in [0.1, 0.15) is 6.61 Å². The molecule has 0 radical (unpaired) electrons. The minimum atomic E-state index is -0.936. The second-order valence-electron chi connectivity index (χ2n) is 6.36. The van der Waals surface area contributed by atoms with Crippen molar-refractivity contribution >= 4 is 11.7 Å². The van der Waals surface area contributed by atoms with Crippen molar-refractivity contribution in [2.45, 2.75) is 20.1 Å². The van der Waals surface area contributed by atoms with Crippen molar-refractivity contribution in [1.29, 1.82) is 0 Å². The first-order valence-corrected chi connectivity index (χ1v) is 8.99. The molecule has 3 aromatic rings. The fourth-order valence-electron chi connectivity index (χ4n) is 3.00. The Labute approximate surface area is 164 Å². The molecule has 0 aliphatic carbocycles. The van der Waals surface area contributed by atoms with Gasteiger partial charge in [-0.1, -0.05) is 48.5 Å². The summed E-state index contributed by atoms with van der Waals surface area (Å²) >= 11 is 0. The van der Waals surface area contributed by atoms with Crippen molar-refractivity contribution in [3.8, 4) is 11.5 Å². The molecular formula is C23H23NO4. The third-order valence-corrected chi connectivity index (χ3v) is 4.54. The number of nitrogens with one attached hydrogen (secondary N) is 1. The van der Waals surface area contributed by atoms with E-state index in [1.165, 1.54) is 0 Å². The van der Waals surface area contributed by atoms with Crippen molar-refractivity contribution in [1.82, 2.24) is 0 Å². The molecule has 0 bridgehead atoms. The van der Waals surface area contributed by atoms with Crippen molar-refractivity contribution in [3.05, 3.63) is 89.0 Å². The summed E-state index contributed by atoms with van der Waals surface area (Å²) in [6.07, 6.45) is 0. The van der Waals surface area contributed by atoms with Crippen LogP contribution in [0.2, 0.25) is 0 Å². The number of aromatic carboxylic acids is 1. The Morgan fingerprint density at radius 3 is 2.46 bits per heavy atom. The van der Waals surface area contributed by atoms with Gasteiger partial charge in [-0.25, -0.2) is 4.79 Å². The summed E-state index contributed by atoms with van der Waals surface area (Å²) in [6.45, 7) is 2.71. The van der Waals surface area contributed by atoms with Gasteiger partial charge in [0.15, 0.2) is 11.5 Å². The maximum Gasteiger partial charge on any atom is 0.336 e. The number of rotatable bonds is 8. The molecule has 5 heteroatoms. The third kappa shape index (κ3) is 4.43. The molecule has 0 amide bonds. The number of benzene rings is 3. The van der Waals surface area contributed by atoms with E-state index in [0.29, 0.717) is 30.2 Å². The van der Waals surface area contributed by atoms with E-state index < -0.39 is 5.97 Å². The number of hydrogen-bond acceptors (Lipinski definition) is 4. The zero-order valence-electron chi connectivity index (χ0n) is 15.9. The van der Waals surface area contributed by atoms with Gasteiger partial charge in [-0.15, -0.1) is 0 Å². The summed E-state index contributed by atoms with van der Waals surface area (Å²) in [4.78, 5) is 11.3. The molecule has 0 aliphatic rings. The fourth-order valence-corrected chi connectivity index (χ4v) is 3.00. The van der Waals surface area contributed by atoms with Gasteiger partial charge in [0.25, 0.3) is 0 Å². The smallest absolute Gasteiger partial charge is 0.336 e. The molecule has 2 N–H and O–H groups in total. The normalized spacial score (nSPS) is 10.4. The SMILES string of the molecule is COc1cccc(CNc2cccc(C(=O)O)c2C)c1OCc1ccccc1. The van der Waals surface area contributed by atoms with Crippen LogP contribution in [0.15, 0.2) is 66.7 Å². The molecule has 3 rings (SSSR count). The van der Waals surface area contributed by atoms with E-state index in [1.54, 1.807) is 26.2 Å². The monoisotopic (exact) mass is 377 g/mol. The van der Waals surface area contributed by atoms with Gasteiger partial charge in [0.05, 0.1) is 12.7 Å². The highest BCUT2D eigenvalue weighted by Crippen LogP contribution is 2.32. The second-order valence-corrected chi connectivity index (χ2v) is 6.36. The molecule has 3 aromatic carbocycles. The van der Waals surface area contributed by atoms with Gasteiger partial charge in [-0.3, -0.25) is 0 Å². The second kappa shape index (κ2) is 8.95. The quantitative estimate of drug-likeness (QED) is 0.585. The fraction of sp³-hybridized carbons (Fsp3) is 0.174. The number of carboxylic acid groups (broad SMARTS) is 1. The molecule has 144 valence electrons. The van der Waals surface area contributed by atoms with E-state index >= 15 is 0 Å². The maximum absolute atomic E-state index is 11.3. The summed E-state index contributed by atoms with van der Waals surface area (Å²) in [5.74, 6) is 0.397. The van der Waals surface area contributed by atoms with E-state index in [4.69, 9.17) is 9.47 Å². The number of carboxylic acids is 1. The zero-order chi connectivity index (χ0) is 19.9. The lowest BCUT2D eigenvalue weighted by Crippen LogP contribution is -2.08. The molecule has 0 spiro atoms. The molecule has 5 nitrogen and oxygen atoms in total. The van der Waals surface area contributed by atoms with Gasteiger partial charge < -0.3 is 19.9 Å². The summed E-state index contributed by atoms with van der Waals surface area (Å²) in [5, 5.41) is 12.6. The van der Waals surface area contributed by atoms with E-state index in [9.17, 15) is 9.90 Å². The van der Waals surface area contributed by atoms with Crippen molar-refractivity contribution < 1.29 is 19.4 Å². The molecule has 0 saturated carbocycles. The van der Waals surface area contributed by atoms with Crippen LogP contribution in [-0.2, 0) is 13.2 Å². The van der Waals surface area contributed by atoms with Gasteiger partial charge in [0.2, 0.25) is 0 Å². The Bertz CT molecular complexity index is 954. The zero-order valence-corrected chi connectivity index (χ0v) is 15.9. The van der Waals surface area contributed by atoms with Crippen LogP contribution in [0.1, 0.15) is 27.0 Å². The molecule has 0 saturated heterocycles. The lowest BCUT2D eigenvalue weighted by atomic mass is 10.1. The lowest BCUT2D eigenvalue weighted by molar-refractivity contribution is 0.0696. The molecule has 28 heavy (non-hydrogen) atoms. The van der Waals surface area contributed by atoms with Crippen LogP contribution in [0.5, 0.6) is 11.5 Å². The van der Waals surface area contributed by atoms with E-state index in [-0.39, 0.29) is 5.56 Å². The van der Waals surface area contributed by atoms with Crippen LogP contribution in [0.25, 0.3) is 0 Å². The number of methoxy groups -OCH3 is 1. The summed E-state index contributed by atoms with van der Waals surface area (Å²) in [7, 11) is 1.61. The summed E-state index contributed by atoms with van der Waals surface area (Å²) in [5.41, 5.74) is 3.75. The predicted molar refractivity (Wildman–Crippen MR) is 109 cm³/mol. The molecule has 0 unspecified atom stereocenters. The van der Waals surface area contributed by atoms with Gasteiger partial charge in [-0.05, 0) is 36.2 Å². The molecule has 0 aliphatic heterocycles. The first-order chi connectivity index (χ1) is 13.6. The standard InChI is InChI=1S/C23H23NO4/c1-16-19(23(25)26)11-7-12-20(16)24-14-18-10-6-13-21(27-2)22(18)28-15-17-8-4-3-5-9-17/h3-13,24H,14-15H2,1-2H3,(H,25,26). The highest BCUT2D eigenvalue weighted by Gasteiger charge is 2.13. The number of anilines is 1. The number of hydrogen-bond donors (Lipinski definition) is 2. The van der Waals surface area contributed by atoms with Crippen LogP contribution in [0, 0.1) is 6.92 Å². The van der Waals surface area contributed by atoms with E-state index in [2.05, 4.69) is 5.32 Å². The third-order valence-electron chi connectivity index (χ3n) is 4.54. The number of carbonyl (C=O) groups is 1. The molecule has 0 heterocycles. The van der Waals surface area contributed by atoms with Gasteiger partial charge in [0, 0.05) is 17.8 Å². The highest BCUT2D eigenvalue weighted by atomic mass is 16.5. The summed E-state index contributed by atoms with van der Waals surface area (Å²) in [6, 6.07) is 20.9. The molecule has 0 atom stereocenters. The van der Waals surface area contributed by atoms with E-state index in [1.807, 2.05) is 54.6 Å². The highest BCUT2D eigenvalue weighted by molar-refractivity contribution is 5.91. The predicted octanol–water partition coefficient (Wildman–Crippen LogP) is 4.89. The Morgan fingerprint density at radius 2 is 1.75 bits per heavy atom. The topological polar surface area (TPSA) is 67.8 Å². The van der Waals surface area contributed by atoms with Crippen molar-refractivity contribution in [3.63, 3.8) is 0 Å². The van der Waals surface area contributed by atoms with E-state index in [0.717, 1.165) is 16.8 Å². The Morgan fingerprint density at radius 1 is 1.00 bits per heavy atom. The number of ether oxygens (including phenoxy) is 2. The molecular weight excluding hydrogens is 354 g/mol. The lowest BCUT2D eigenvalue weighted by Gasteiger charge is -2.17. The van der Waals surface area contributed by atoms with Crippen LogP contribution < -0.4 is 14.8 Å². The number of para-hydroxylation sites is 1. The first kappa shape index (κ1) is 19.3. The van der Waals surface area contributed by atoms with Crippen molar-refractivity contribution in [2.24, 2.45) is 0 Å². The Hall–Kier alpha value is -3.47.